The fourth-order valence-corrected chi connectivity index (χ4v) is 5.59. The summed E-state index contributed by atoms with van der Waals surface area (Å²) in [4.78, 5) is 13.0. The van der Waals surface area contributed by atoms with Crippen LogP contribution in [0.2, 0.25) is 10.0 Å². The van der Waals surface area contributed by atoms with E-state index >= 15 is 0 Å². The first-order valence-corrected chi connectivity index (χ1v) is 14.0. The molecule has 0 spiro atoms. The molecular formula is C26H25BCl2N4O5S. The Kier molecular flexibility index (Phi) is 8.11. The summed E-state index contributed by atoms with van der Waals surface area (Å²) >= 11 is 9.93. The Morgan fingerprint density at radius 2 is 1.87 bits per heavy atom. The first kappa shape index (κ1) is 27.8. The van der Waals surface area contributed by atoms with Crippen LogP contribution >= 0.6 is 23.2 Å². The Morgan fingerprint density at radius 3 is 2.46 bits per heavy atom. The van der Waals surface area contributed by atoms with E-state index in [4.69, 9.17) is 28.3 Å². The zero-order valence-corrected chi connectivity index (χ0v) is 23.2. The topological polar surface area (TPSA) is 127 Å². The third kappa shape index (κ3) is 5.90. The lowest BCUT2D eigenvalue weighted by Crippen LogP contribution is -2.31. The van der Waals surface area contributed by atoms with Crippen LogP contribution in [0.3, 0.4) is 0 Å². The number of carbonyl (C=O) groups excluding carboxylic acids is 1. The average Bonchev–Trinajstić information content (AvgIpc) is 3.68. The number of rotatable bonds is 9. The van der Waals surface area contributed by atoms with Crippen LogP contribution in [-0.4, -0.2) is 52.8 Å². The maximum atomic E-state index is 13.0. The lowest BCUT2D eigenvalue weighted by molar-refractivity contribution is 0.0965. The molecule has 4 N–H and O–H groups in total. The molecule has 2 aromatic carbocycles. The van der Waals surface area contributed by atoms with Crippen molar-refractivity contribution < 1.29 is 23.6 Å². The summed E-state index contributed by atoms with van der Waals surface area (Å²) in [6, 6.07) is 13.7. The highest BCUT2D eigenvalue weighted by atomic mass is 35.5. The van der Waals surface area contributed by atoms with Gasteiger partial charge in [-0.25, -0.2) is 8.72 Å². The molecule has 1 atom stereocenters. The zero-order chi connectivity index (χ0) is 27.8. The van der Waals surface area contributed by atoms with Gasteiger partial charge in [0.1, 0.15) is 5.69 Å². The van der Waals surface area contributed by atoms with Crippen LogP contribution in [0.5, 0.6) is 0 Å². The molecule has 1 amide bonds. The van der Waals surface area contributed by atoms with E-state index in [-0.39, 0.29) is 35.4 Å². The van der Waals surface area contributed by atoms with Crippen LogP contribution in [0.4, 0.5) is 0 Å². The number of nitrogens with zero attached hydrogens (tertiary/aromatic N) is 3. The number of pyridine rings is 1. The van der Waals surface area contributed by atoms with Crippen molar-refractivity contribution in [2.24, 2.45) is 0 Å². The number of benzene rings is 2. The molecule has 1 fully saturated rings. The van der Waals surface area contributed by atoms with Crippen LogP contribution < -0.4 is 10.8 Å². The number of hydrogen-bond acceptors (Lipinski definition) is 5. The summed E-state index contributed by atoms with van der Waals surface area (Å²) in [6.45, 7) is 0.226. The number of nitrogens with one attached hydrogen (secondary N) is 1. The van der Waals surface area contributed by atoms with Crippen molar-refractivity contribution in [2.75, 3.05) is 7.05 Å². The maximum Gasteiger partial charge on any atom is 0.489 e. The summed E-state index contributed by atoms with van der Waals surface area (Å²) in [7, 11) is -0.142. The lowest BCUT2D eigenvalue weighted by atomic mass is 9.80. The minimum absolute atomic E-state index is 0.0887. The van der Waals surface area contributed by atoms with Gasteiger partial charge >= 0.3 is 7.12 Å². The molecule has 202 valence electrons. The summed E-state index contributed by atoms with van der Waals surface area (Å²) < 4.78 is 25.5. The van der Waals surface area contributed by atoms with Gasteiger partial charge in [0.15, 0.2) is 0 Å². The van der Waals surface area contributed by atoms with Gasteiger partial charge in [0, 0.05) is 47.4 Å². The predicted molar refractivity (Wildman–Crippen MR) is 152 cm³/mol. The Bertz CT molecular complexity index is 1580. The molecular weight excluding hydrogens is 562 g/mol. The molecule has 0 radical (unpaired) electrons. The summed E-state index contributed by atoms with van der Waals surface area (Å²) in [5.74, 6) is 0.0148. The first-order valence-electron chi connectivity index (χ1n) is 12.2. The van der Waals surface area contributed by atoms with E-state index in [1.54, 1.807) is 35.8 Å². The lowest BCUT2D eigenvalue weighted by Gasteiger charge is -2.20. The molecule has 13 heteroatoms. The molecule has 2 aromatic heterocycles. The van der Waals surface area contributed by atoms with E-state index in [0.717, 1.165) is 29.5 Å². The van der Waals surface area contributed by atoms with E-state index in [1.165, 1.54) is 10.4 Å². The smallest absolute Gasteiger partial charge is 0.423 e. The minimum atomic E-state index is -2.31. The second-order valence-electron chi connectivity index (χ2n) is 9.43. The first-order chi connectivity index (χ1) is 18.7. The van der Waals surface area contributed by atoms with Gasteiger partial charge in [-0.15, -0.1) is 0 Å². The Labute approximate surface area is 237 Å². The van der Waals surface area contributed by atoms with Crippen LogP contribution in [-0.2, 0) is 24.4 Å². The van der Waals surface area contributed by atoms with Crippen LogP contribution in [0.1, 0.15) is 45.8 Å². The van der Waals surface area contributed by atoms with E-state index < -0.39 is 18.4 Å². The number of amides is 1. The van der Waals surface area contributed by atoms with Gasteiger partial charge < -0.3 is 15.4 Å². The predicted octanol–water partition coefficient (Wildman–Crippen LogP) is 3.36. The van der Waals surface area contributed by atoms with E-state index in [0.29, 0.717) is 27.4 Å². The van der Waals surface area contributed by atoms with Crippen molar-refractivity contribution in [3.05, 3.63) is 87.0 Å². The second kappa shape index (κ2) is 11.4. The molecule has 0 saturated heterocycles. The van der Waals surface area contributed by atoms with E-state index in [2.05, 4.69) is 5.32 Å². The van der Waals surface area contributed by atoms with Gasteiger partial charge in [0.05, 0.1) is 11.1 Å². The number of aromatic nitrogens is 2. The van der Waals surface area contributed by atoms with Gasteiger partial charge in [0.2, 0.25) is 11.3 Å². The van der Waals surface area contributed by atoms with Crippen molar-refractivity contribution in [2.45, 2.75) is 31.8 Å². The van der Waals surface area contributed by atoms with Crippen molar-refractivity contribution in [1.29, 1.82) is 0 Å². The van der Waals surface area contributed by atoms with Crippen molar-refractivity contribution >= 4 is 58.5 Å². The highest BCUT2D eigenvalue weighted by Gasteiger charge is 2.30. The summed E-state index contributed by atoms with van der Waals surface area (Å²) in [5.41, 5.74) is 4.93. The van der Waals surface area contributed by atoms with Crippen molar-refractivity contribution in [3.8, 4) is 11.3 Å². The fraction of sp³-hybridized carbons (Fsp3) is 0.231. The second-order valence-corrected chi connectivity index (χ2v) is 11.2. The highest BCUT2D eigenvalue weighted by Crippen LogP contribution is 2.43. The van der Waals surface area contributed by atoms with Crippen molar-refractivity contribution in [3.63, 3.8) is 0 Å². The number of halogens is 2. The largest absolute Gasteiger partial charge is 0.489 e. The monoisotopic (exact) mass is 586 g/mol. The average molecular weight is 587 g/mol. The molecule has 0 bridgehead atoms. The zero-order valence-electron chi connectivity index (χ0n) is 20.8. The Morgan fingerprint density at radius 1 is 1.15 bits per heavy atom. The summed E-state index contributed by atoms with van der Waals surface area (Å²) in [5, 5.41) is 27.0. The standard InChI is InChI=1S/C26H25BCl2N4O5S/c1-30-26(34)24-23-11-20(16-3-4-16)18(14-33(23)31-25(24)17-5-7-19(28)8-6-17)13-32(39(37)38)12-15-2-9-21(27(35)36)22(29)10-15/h2,5-11,14,16,35-36H,3-4,12-13H2,1H3,(H,30,34)(H,37,38). The van der Waals surface area contributed by atoms with Gasteiger partial charge in [-0.05, 0) is 59.7 Å². The quantitative estimate of drug-likeness (QED) is 0.176. The van der Waals surface area contributed by atoms with Gasteiger partial charge in [0.25, 0.3) is 5.91 Å². The van der Waals surface area contributed by atoms with Crippen LogP contribution in [0.15, 0.2) is 54.7 Å². The molecule has 1 aliphatic carbocycles. The van der Waals surface area contributed by atoms with Crippen LogP contribution in [0, 0.1) is 0 Å². The maximum absolute atomic E-state index is 13.0. The molecule has 1 unspecified atom stereocenters. The Hall–Kier alpha value is -2.77. The number of fused-ring (bicyclic) bond motifs is 1. The number of carbonyl (C=O) groups is 1. The van der Waals surface area contributed by atoms with Gasteiger partial charge in [-0.1, -0.05) is 47.5 Å². The summed E-state index contributed by atoms with van der Waals surface area (Å²) in [6.07, 6.45) is 3.78. The third-order valence-electron chi connectivity index (χ3n) is 6.75. The van der Waals surface area contributed by atoms with Gasteiger partial charge in [-0.2, -0.15) is 9.40 Å². The molecule has 9 nitrogen and oxygen atoms in total. The molecule has 1 aliphatic rings. The minimum Gasteiger partial charge on any atom is -0.423 e. The fourth-order valence-electron chi connectivity index (χ4n) is 4.65. The Balaban J connectivity index is 1.55. The number of hydrogen-bond donors (Lipinski definition) is 4. The molecule has 39 heavy (non-hydrogen) atoms. The SMILES string of the molecule is CNC(=O)c1c(-c2ccc(Cl)cc2)nn2cc(CN(Cc3ccc(B(O)O)c(Cl)c3)S(=O)O)c(C3CC3)cc12. The normalized spacial score (nSPS) is 14.1. The highest BCUT2D eigenvalue weighted by molar-refractivity contribution is 7.76. The molecule has 4 aromatic rings. The van der Waals surface area contributed by atoms with Gasteiger partial charge in [-0.3, -0.25) is 9.35 Å². The molecule has 5 rings (SSSR count). The van der Waals surface area contributed by atoms with Crippen LogP contribution in [0.25, 0.3) is 16.8 Å². The van der Waals surface area contributed by atoms with Crippen molar-refractivity contribution in [1.82, 2.24) is 19.2 Å². The third-order valence-corrected chi connectivity index (χ3v) is 8.03. The molecule has 2 heterocycles. The van der Waals surface area contributed by atoms with E-state index in [9.17, 15) is 23.6 Å². The molecule has 0 aliphatic heterocycles. The van der Waals surface area contributed by atoms with E-state index in [1.807, 2.05) is 24.4 Å². The molecule has 1 saturated carbocycles.